The third-order valence-electron chi connectivity index (χ3n) is 4.83. The molecule has 0 amide bonds. The molecular weight excluding hydrogens is 475 g/mol. The molecule has 0 saturated carbocycles. The van der Waals surface area contributed by atoms with E-state index in [0.717, 1.165) is 29.0 Å². The largest absolute Gasteiger partial charge is 0.506 e. The molecule has 0 aliphatic rings. The number of nitrogens with one attached hydrogen (secondary N) is 1. The Morgan fingerprint density at radius 2 is 1.71 bits per heavy atom. The molecule has 0 aliphatic carbocycles. The van der Waals surface area contributed by atoms with Crippen molar-refractivity contribution >= 4 is 16.0 Å². The van der Waals surface area contributed by atoms with Crippen molar-refractivity contribution in [2.45, 2.75) is 19.3 Å². The number of rotatable bonds is 8. The number of ether oxygens (including phenoxy) is 1. The zero-order valence-electron chi connectivity index (χ0n) is 17.8. The first-order valence-electron chi connectivity index (χ1n) is 9.77. The van der Waals surface area contributed by atoms with E-state index < -0.39 is 39.0 Å². The van der Waals surface area contributed by atoms with Crippen LogP contribution >= 0.6 is 0 Å². The summed E-state index contributed by atoms with van der Waals surface area (Å²) in [6, 6.07) is 15.4. The fourth-order valence-electron chi connectivity index (χ4n) is 3.20. The number of halogens is 3. The van der Waals surface area contributed by atoms with E-state index in [9.17, 15) is 36.6 Å². The van der Waals surface area contributed by atoms with E-state index >= 15 is 0 Å². The van der Waals surface area contributed by atoms with Gasteiger partial charge in [0.2, 0.25) is 10.0 Å². The fraction of sp³-hybridized carbons (Fsp3) is 0.174. The van der Waals surface area contributed by atoms with Gasteiger partial charge in [0.25, 0.3) is 0 Å². The summed E-state index contributed by atoms with van der Waals surface area (Å²) in [4.78, 5) is 11.4. The summed E-state index contributed by atoms with van der Waals surface area (Å²) in [5.41, 5.74) is -0.0511. The Labute approximate surface area is 193 Å². The number of aromatic carboxylic acids is 1. The molecular formula is C23H20F3NO6S. The third kappa shape index (κ3) is 6.27. The standard InChI is InChI=1S/C23H20F3NO6S/c1-34(31,32)27-12-14-3-2-4-16(11-14)15-5-8-18(9-6-15)33-13-17-7-10-19(23(24,25)26)21(28)20(17)22(29)30/h2-11,27-28H,12-13H2,1H3,(H,29,30). The lowest BCUT2D eigenvalue weighted by atomic mass is 10.0. The average molecular weight is 495 g/mol. The molecule has 0 heterocycles. The van der Waals surface area contributed by atoms with Gasteiger partial charge in [-0.3, -0.25) is 0 Å². The molecule has 0 aromatic heterocycles. The number of benzene rings is 3. The zero-order chi connectivity index (χ0) is 25.1. The molecule has 180 valence electrons. The summed E-state index contributed by atoms with van der Waals surface area (Å²) in [5.74, 6) is -2.74. The van der Waals surface area contributed by atoms with E-state index in [-0.39, 0.29) is 18.7 Å². The summed E-state index contributed by atoms with van der Waals surface area (Å²) in [5, 5.41) is 19.1. The maximum Gasteiger partial charge on any atom is 0.419 e. The van der Waals surface area contributed by atoms with Gasteiger partial charge in [0.15, 0.2) is 0 Å². The predicted octanol–water partition coefficient (Wildman–Crippen LogP) is 4.40. The van der Waals surface area contributed by atoms with Crippen LogP contribution in [-0.2, 0) is 29.4 Å². The van der Waals surface area contributed by atoms with Gasteiger partial charge in [0.05, 0.1) is 11.8 Å². The minimum atomic E-state index is -4.90. The van der Waals surface area contributed by atoms with E-state index in [1.165, 1.54) is 0 Å². The van der Waals surface area contributed by atoms with Crippen molar-refractivity contribution in [3.63, 3.8) is 0 Å². The number of hydrogen-bond acceptors (Lipinski definition) is 5. The number of sulfonamides is 1. The van der Waals surface area contributed by atoms with Gasteiger partial charge in [0.1, 0.15) is 23.7 Å². The molecule has 0 bridgehead atoms. The summed E-state index contributed by atoms with van der Waals surface area (Å²) in [6.07, 6.45) is -3.83. The third-order valence-corrected chi connectivity index (χ3v) is 5.50. The molecule has 34 heavy (non-hydrogen) atoms. The van der Waals surface area contributed by atoms with Crippen molar-refractivity contribution in [1.29, 1.82) is 0 Å². The number of carbonyl (C=O) groups is 1. The molecule has 11 heteroatoms. The summed E-state index contributed by atoms with van der Waals surface area (Å²) >= 11 is 0. The van der Waals surface area contributed by atoms with Crippen LogP contribution in [0.5, 0.6) is 11.5 Å². The highest BCUT2D eigenvalue weighted by Crippen LogP contribution is 2.39. The number of phenols is 1. The smallest absolute Gasteiger partial charge is 0.419 e. The van der Waals surface area contributed by atoms with Gasteiger partial charge >= 0.3 is 12.1 Å². The molecule has 3 aromatic carbocycles. The minimum Gasteiger partial charge on any atom is -0.506 e. The maximum atomic E-state index is 13.0. The number of alkyl halides is 3. The van der Waals surface area contributed by atoms with Gasteiger partial charge in [0, 0.05) is 12.1 Å². The highest BCUT2D eigenvalue weighted by Gasteiger charge is 2.36. The summed E-state index contributed by atoms with van der Waals surface area (Å²) < 4.78 is 69.4. The Bertz CT molecular complexity index is 1310. The fourth-order valence-corrected chi connectivity index (χ4v) is 3.63. The molecule has 3 rings (SSSR count). The van der Waals surface area contributed by atoms with Gasteiger partial charge in [-0.1, -0.05) is 36.4 Å². The highest BCUT2D eigenvalue weighted by molar-refractivity contribution is 7.88. The quantitative estimate of drug-likeness (QED) is 0.427. The first-order chi connectivity index (χ1) is 15.8. The normalized spacial score (nSPS) is 11.9. The van der Waals surface area contributed by atoms with Gasteiger partial charge in [-0.2, -0.15) is 13.2 Å². The Hall–Kier alpha value is -3.57. The monoisotopic (exact) mass is 495 g/mol. The number of aromatic hydroxyl groups is 1. The molecule has 3 aromatic rings. The van der Waals surface area contributed by atoms with Crippen LogP contribution in [0.2, 0.25) is 0 Å². The molecule has 0 fully saturated rings. The van der Waals surface area contributed by atoms with Gasteiger partial charge in [-0.05, 0) is 41.0 Å². The van der Waals surface area contributed by atoms with Crippen molar-refractivity contribution in [3.05, 3.63) is 82.9 Å². The summed E-state index contributed by atoms with van der Waals surface area (Å²) in [6.45, 7) is -0.237. The van der Waals surface area contributed by atoms with Crippen LogP contribution in [0.15, 0.2) is 60.7 Å². The van der Waals surface area contributed by atoms with Gasteiger partial charge < -0.3 is 14.9 Å². The molecule has 0 radical (unpaired) electrons. The second kappa shape index (κ2) is 9.74. The van der Waals surface area contributed by atoms with Gasteiger partial charge in [-0.15, -0.1) is 0 Å². The van der Waals surface area contributed by atoms with E-state index in [1.807, 2.05) is 12.1 Å². The molecule has 3 N–H and O–H groups in total. The number of hydrogen-bond donors (Lipinski definition) is 3. The first-order valence-corrected chi connectivity index (χ1v) is 11.7. The van der Waals surface area contributed by atoms with Crippen LogP contribution in [-0.4, -0.2) is 30.9 Å². The van der Waals surface area contributed by atoms with E-state index in [4.69, 9.17) is 4.74 Å². The summed E-state index contributed by atoms with van der Waals surface area (Å²) in [7, 11) is -3.33. The predicted molar refractivity (Wildman–Crippen MR) is 118 cm³/mol. The Morgan fingerprint density at radius 3 is 2.29 bits per heavy atom. The maximum absolute atomic E-state index is 13.0. The van der Waals surface area contributed by atoms with Crippen molar-refractivity contribution in [1.82, 2.24) is 4.72 Å². The minimum absolute atomic E-state index is 0.117. The lowest BCUT2D eigenvalue weighted by Gasteiger charge is -2.15. The topological polar surface area (TPSA) is 113 Å². The second-order valence-corrected chi connectivity index (χ2v) is 9.24. The molecule has 7 nitrogen and oxygen atoms in total. The van der Waals surface area contributed by atoms with Crippen LogP contribution in [0.4, 0.5) is 13.2 Å². The molecule has 0 aliphatic heterocycles. The average Bonchev–Trinajstić information content (AvgIpc) is 2.75. The molecule has 0 unspecified atom stereocenters. The molecule has 0 atom stereocenters. The lowest BCUT2D eigenvalue weighted by molar-refractivity contribution is -0.138. The van der Waals surface area contributed by atoms with Crippen LogP contribution < -0.4 is 9.46 Å². The van der Waals surface area contributed by atoms with Crippen molar-refractivity contribution in [2.24, 2.45) is 0 Å². The van der Waals surface area contributed by atoms with Crippen LogP contribution in [0, 0.1) is 0 Å². The second-order valence-electron chi connectivity index (χ2n) is 7.41. The Morgan fingerprint density at radius 1 is 1.03 bits per heavy atom. The number of carboxylic acid groups (broad SMARTS) is 1. The first kappa shape index (κ1) is 25.1. The Balaban J connectivity index is 1.75. The van der Waals surface area contributed by atoms with E-state index in [0.29, 0.717) is 11.8 Å². The van der Waals surface area contributed by atoms with Gasteiger partial charge in [-0.25, -0.2) is 17.9 Å². The molecule has 0 spiro atoms. The Kier molecular flexibility index (Phi) is 7.18. The van der Waals surface area contributed by atoms with Crippen molar-refractivity contribution in [2.75, 3.05) is 6.26 Å². The lowest BCUT2D eigenvalue weighted by Crippen LogP contribution is -2.21. The van der Waals surface area contributed by atoms with Crippen LogP contribution in [0.3, 0.4) is 0 Å². The highest BCUT2D eigenvalue weighted by atomic mass is 32.2. The van der Waals surface area contributed by atoms with Crippen molar-refractivity contribution < 1.29 is 41.3 Å². The van der Waals surface area contributed by atoms with E-state index in [1.54, 1.807) is 36.4 Å². The van der Waals surface area contributed by atoms with Crippen LogP contribution in [0.25, 0.3) is 11.1 Å². The van der Waals surface area contributed by atoms with E-state index in [2.05, 4.69) is 4.72 Å². The zero-order valence-corrected chi connectivity index (χ0v) is 18.6. The SMILES string of the molecule is CS(=O)(=O)NCc1cccc(-c2ccc(OCc3ccc(C(F)(F)F)c(O)c3C(=O)O)cc2)c1. The van der Waals surface area contributed by atoms with Crippen LogP contribution in [0.1, 0.15) is 27.0 Å². The molecule has 0 saturated heterocycles. The van der Waals surface area contributed by atoms with Crippen molar-refractivity contribution in [3.8, 4) is 22.6 Å². The number of carboxylic acids is 1.